The topological polar surface area (TPSA) is 154 Å². The van der Waals surface area contributed by atoms with E-state index in [0.29, 0.717) is 54.2 Å². The molecule has 2 unspecified atom stereocenters. The van der Waals surface area contributed by atoms with Crippen molar-refractivity contribution in [3.63, 3.8) is 0 Å². The van der Waals surface area contributed by atoms with E-state index in [-0.39, 0.29) is 16.7 Å². The number of primary sulfonamides is 1. The third-order valence-electron chi connectivity index (χ3n) is 6.33. The number of nitrogens with zero attached hydrogens (tertiary/aromatic N) is 1. The highest BCUT2D eigenvalue weighted by molar-refractivity contribution is 7.89. The molecule has 11 heteroatoms. The summed E-state index contributed by atoms with van der Waals surface area (Å²) in [4.78, 5) is 28.4. The van der Waals surface area contributed by atoms with Crippen molar-refractivity contribution < 1.29 is 27.2 Å². The number of hydrogen-bond donors (Lipinski definition) is 3. The summed E-state index contributed by atoms with van der Waals surface area (Å²) in [5.74, 6) is 0.760. The molecule has 2 fully saturated rings. The summed E-state index contributed by atoms with van der Waals surface area (Å²) in [6.45, 7) is 0. The van der Waals surface area contributed by atoms with E-state index in [9.17, 15) is 18.0 Å². The number of sulfonamides is 1. The van der Waals surface area contributed by atoms with E-state index in [1.54, 1.807) is 25.3 Å². The van der Waals surface area contributed by atoms with Gasteiger partial charge in [-0.15, -0.1) is 0 Å². The number of furan rings is 1. The van der Waals surface area contributed by atoms with Gasteiger partial charge in [-0.25, -0.2) is 23.3 Å². The maximum absolute atomic E-state index is 12.3. The summed E-state index contributed by atoms with van der Waals surface area (Å²) in [5.41, 5.74) is 0.469. The molecular weight excluding hydrogens is 448 g/mol. The summed E-state index contributed by atoms with van der Waals surface area (Å²) >= 11 is 0. The Morgan fingerprint density at radius 1 is 1.24 bits per heavy atom. The number of imide groups is 1. The predicted molar refractivity (Wildman–Crippen MR) is 118 cm³/mol. The summed E-state index contributed by atoms with van der Waals surface area (Å²) in [5, 5.41) is 11.3. The van der Waals surface area contributed by atoms with Gasteiger partial charge >= 0.3 is 6.03 Å². The average Bonchev–Trinajstić information content (AvgIpc) is 3.44. The smallest absolute Gasteiger partial charge is 0.322 e. The lowest BCUT2D eigenvalue weighted by atomic mass is 9.94. The van der Waals surface area contributed by atoms with Crippen molar-refractivity contribution in [1.82, 2.24) is 15.6 Å². The standard InChI is InChI=1S/C22H22N4O6S/c1-31-14-2-4-17-13(9-14)10-18(32-17)15-3-5-19(33(23,29)30)16(24-15)8-12-6-7-22(11-12)20(27)25-21(28)26-22/h2-5,9-10,12H,6-8,11H2,1H3,(H2,23,29,30)(H2,25,26,27,28). The van der Waals surface area contributed by atoms with Crippen molar-refractivity contribution in [2.24, 2.45) is 11.1 Å². The Morgan fingerprint density at radius 2 is 2.06 bits per heavy atom. The van der Waals surface area contributed by atoms with Crippen molar-refractivity contribution in [1.29, 1.82) is 0 Å². The van der Waals surface area contributed by atoms with Gasteiger partial charge in [0.2, 0.25) is 10.0 Å². The largest absolute Gasteiger partial charge is 0.497 e. The second-order valence-corrected chi connectivity index (χ2v) is 10.0. The van der Waals surface area contributed by atoms with Gasteiger partial charge in [0.15, 0.2) is 5.76 Å². The fraction of sp³-hybridized carbons (Fsp3) is 0.318. The minimum absolute atomic E-state index is 0.0580. The number of hydrogen-bond acceptors (Lipinski definition) is 7. The van der Waals surface area contributed by atoms with Gasteiger partial charge in [-0.1, -0.05) is 0 Å². The lowest BCUT2D eigenvalue weighted by molar-refractivity contribution is -0.123. The first-order valence-electron chi connectivity index (χ1n) is 10.4. The molecule has 1 aliphatic carbocycles. The molecule has 0 radical (unpaired) electrons. The molecule has 3 amide bonds. The van der Waals surface area contributed by atoms with Crippen LogP contribution in [-0.4, -0.2) is 38.0 Å². The number of nitrogens with two attached hydrogens (primary N) is 1. The van der Waals surface area contributed by atoms with Gasteiger partial charge in [0, 0.05) is 5.39 Å². The molecule has 3 aromatic rings. The van der Waals surface area contributed by atoms with Crippen molar-refractivity contribution in [2.45, 2.75) is 36.1 Å². The van der Waals surface area contributed by atoms with Crippen molar-refractivity contribution >= 4 is 32.9 Å². The normalized spacial score (nSPS) is 22.7. The molecule has 4 N–H and O–H groups in total. The Bertz CT molecular complexity index is 1400. The third kappa shape index (κ3) is 3.83. The summed E-state index contributed by atoms with van der Waals surface area (Å²) in [6, 6.07) is 9.69. The number of carbonyl (C=O) groups is 2. The molecule has 2 aliphatic rings. The number of rotatable bonds is 5. The van der Waals surface area contributed by atoms with Crippen LogP contribution in [0.1, 0.15) is 25.0 Å². The molecule has 3 heterocycles. The number of methoxy groups -OCH3 is 1. The lowest BCUT2D eigenvalue weighted by Gasteiger charge is -2.20. The van der Waals surface area contributed by atoms with Gasteiger partial charge in [-0.2, -0.15) is 0 Å². The maximum atomic E-state index is 12.3. The first-order chi connectivity index (χ1) is 15.7. The lowest BCUT2D eigenvalue weighted by Crippen LogP contribution is -2.44. The monoisotopic (exact) mass is 470 g/mol. The minimum Gasteiger partial charge on any atom is -0.497 e. The maximum Gasteiger partial charge on any atom is 0.322 e. The second-order valence-electron chi connectivity index (χ2n) is 8.50. The Balaban J connectivity index is 1.48. The van der Waals surface area contributed by atoms with E-state index < -0.39 is 21.6 Å². The number of fused-ring (bicyclic) bond motifs is 1. The van der Waals surface area contributed by atoms with Crippen LogP contribution in [0.5, 0.6) is 5.75 Å². The summed E-state index contributed by atoms with van der Waals surface area (Å²) in [6.07, 6.45) is 1.79. The van der Waals surface area contributed by atoms with E-state index in [1.807, 2.05) is 12.1 Å². The van der Waals surface area contributed by atoms with Gasteiger partial charge in [0.25, 0.3) is 5.91 Å². The van der Waals surface area contributed by atoms with Crippen LogP contribution in [0.15, 0.2) is 45.7 Å². The van der Waals surface area contributed by atoms with Gasteiger partial charge in [0.1, 0.15) is 27.5 Å². The van der Waals surface area contributed by atoms with Crippen LogP contribution >= 0.6 is 0 Å². The summed E-state index contributed by atoms with van der Waals surface area (Å²) in [7, 11) is -2.43. The fourth-order valence-electron chi connectivity index (χ4n) is 4.75. The van der Waals surface area contributed by atoms with Crippen molar-refractivity contribution in [2.75, 3.05) is 7.11 Å². The quantitative estimate of drug-likeness (QED) is 0.482. The first kappa shape index (κ1) is 21.4. The number of carbonyl (C=O) groups excluding carboxylic acids is 2. The van der Waals surface area contributed by atoms with Gasteiger partial charge in [-0.3, -0.25) is 10.1 Å². The average molecular weight is 471 g/mol. The number of nitrogens with one attached hydrogen (secondary N) is 2. The molecule has 1 spiro atoms. The molecular formula is C22H22N4O6S. The van der Waals surface area contributed by atoms with E-state index in [1.165, 1.54) is 6.07 Å². The number of aromatic nitrogens is 1. The highest BCUT2D eigenvalue weighted by Gasteiger charge is 2.51. The highest BCUT2D eigenvalue weighted by Crippen LogP contribution is 2.39. The molecule has 0 bridgehead atoms. The number of amides is 3. The zero-order valence-electron chi connectivity index (χ0n) is 17.8. The minimum atomic E-state index is -4.01. The van der Waals surface area contributed by atoms with Crippen LogP contribution in [-0.2, 0) is 21.2 Å². The van der Waals surface area contributed by atoms with Gasteiger partial charge < -0.3 is 14.5 Å². The van der Waals surface area contributed by atoms with Gasteiger partial charge in [-0.05, 0) is 68.0 Å². The molecule has 10 nitrogen and oxygen atoms in total. The molecule has 2 aromatic heterocycles. The second kappa shape index (κ2) is 7.56. The molecule has 1 saturated heterocycles. The van der Waals surface area contributed by atoms with Gasteiger partial charge in [0.05, 0.1) is 12.8 Å². The Kier molecular flexibility index (Phi) is 4.91. The Labute approximate surface area is 189 Å². The molecule has 1 aliphatic heterocycles. The van der Waals surface area contributed by atoms with E-state index in [0.717, 1.165) is 5.39 Å². The van der Waals surface area contributed by atoms with Crippen LogP contribution in [0.2, 0.25) is 0 Å². The van der Waals surface area contributed by atoms with Crippen LogP contribution in [0.3, 0.4) is 0 Å². The van der Waals surface area contributed by atoms with Crippen LogP contribution in [0.25, 0.3) is 22.4 Å². The SMILES string of the molecule is COc1ccc2oc(-c3ccc(S(N)(=O)=O)c(CC4CCC5(C4)NC(=O)NC5=O)n3)cc2c1. The fourth-order valence-corrected chi connectivity index (χ4v) is 5.46. The van der Waals surface area contributed by atoms with Crippen molar-refractivity contribution in [3.05, 3.63) is 42.1 Å². The summed E-state index contributed by atoms with van der Waals surface area (Å²) < 4.78 is 35.6. The molecule has 1 saturated carbocycles. The number of benzene rings is 1. The third-order valence-corrected chi connectivity index (χ3v) is 7.31. The molecule has 172 valence electrons. The van der Waals surface area contributed by atoms with E-state index in [2.05, 4.69) is 15.6 Å². The van der Waals surface area contributed by atoms with Crippen LogP contribution < -0.4 is 20.5 Å². The van der Waals surface area contributed by atoms with E-state index >= 15 is 0 Å². The molecule has 5 rings (SSSR count). The Morgan fingerprint density at radius 3 is 2.76 bits per heavy atom. The zero-order valence-corrected chi connectivity index (χ0v) is 18.6. The molecule has 2 atom stereocenters. The van der Waals surface area contributed by atoms with Crippen molar-refractivity contribution in [3.8, 4) is 17.2 Å². The number of urea groups is 1. The first-order valence-corrected chi connectivity index (χ1v) is 12.0. The zero-order chi connectivity index (χ0) is 23.4. The predicted octanol–water partition coefficient (Wildman–Crippen LogP) is 2.07. The number of ether oxygens (including phenoxy) is 1. The molecule has 33 heavy (non-hydrogen) atoms. The number of pyridine rings is 1. The molecule has 1 aromatic carbocycles. The Hall–Kier alpha value is -3.44. The van der Waals surface area contributed by atoms with Crippen LogP contribution in [0.4, 0.5) is 4.79 Å². The highest BCUT2D eigenvalue weighted by atomic mass is 32.2. The van der Waals surface area contributed by atoms with Crippen LogP contribution in [0, 0.1) is 5.92 Å². The van der Waals surface area contributed by atoms with E-state index in [4.69, 9.17) is 14.3 Å².